The first-order chi connectivity index (χ1) is 11.9. The average molecular weight is 414 g/mol. The number of nitrogens with zero attached hydrogens (tertiary/aromatic N) is 1. The molecule has 0 aliphatic heterocycles. The first-order valence-corrected chi connectivity index (χ1v) is 11.5. The van der Waals surface area contributed by atoms with Crippen LogP contribution in [0.3, 0.4) is 0 Å². The Morgan fingerprint density at radius 1 is 1.36 bits per heavy atom. The Labute approximate surface area is 157 Å². The van der Waals surface area contributed by atoms with Gasteiger partial charge in [-0.2, -0.15) is 0 Å². The van der Waals surface area contributed by atoms with Crippen molar-refractivity contribution in [3.63, 3.8) is 0 Å². The molecule has 0 bridgehead atoms. The highest BCUT2D eigenvalue weighted by Gasteiger charge is 2.28. The Balaban J connectivity index is 2.11. The lowest BCUT2D eigenvalue weighted by atomic mass is 10.3. The van der Waals surface area contributed by atoms with Gasteiger partial charge in [0.1, 0.15) is 11.6 Å². The fraction of sp³-hybridized carbons (Fsp3) is 0.200. The molecule has 0 spiro atoms. The van der Waals surface area contributed by atoms with Gasteiger partial charge in [-0.15, -0.1) is 34.4 Å². The molecule has 0 unspecified atom stereocenters. The number of nitrogens with two attached hydrogens (primary N) is 1. The molecule has 3 rings (SSSR count). The molecule has 3 aromatic rings. The number of thiophene rings is 1. The van der Waals surface area contributed by atoms with Crippen LogP contribution in [0.4, 0.5) is 0 Å². The van der Waals surface area contributed by atoms with Crippen LogP contribution >= 0.6 is 34.4 Å². The van der Waals surface area contributed by atoms with Crippen LogP contribution in [0, 0.1) is 5.41 Å². The highest BCUT2D eigenvalue weighted by molar-refractivity contribution is 8.01. The molecule has 0 aliphatic rings. The van der Waals surface area contributed by atoms with Crippen LogP contribution in [0.15, 0.2) is 37.7 Å². The predicted octanol–water partition coefficient (Wildman–Crippen LogP) is 3.60. The topological polar surface area (TPSA) is 106 Å². The molecule has 0 radical (unpaired) electrons. The number of nitrogens with one attached hydrogen (secondary N) is 1. The van der Waals surface area contributed by atoms with E-state index in [1.807, 2.05) is 6.92 Å². The normalized spacial score (nSPS) is 11.8. The zero-order chi connectivity index (χ0) is 18.2. The lowest BCUT2D eigenvalue weighted by Crippen LogP contribution is -2.08. The van der Waals surface area contributed by atoms with E-state index < -0.39 is 9.84 Å². The fourth-order valence-electron chi connectivity index (χ4n) is 2.17. The van der Waals surface area contributed by atoms with Gasteiger partial charge in [-0.1, -0.05) is 0 Å². The molecule has 25 heavy (non-hydrogen) atoms. The number of ether oxygens (including phenoxy) is 1. The maximum absolute atomic E-state index is 13.0. The first kappa shape index (κ1) is 18.2. The van der Waals surface area contributed by atoms with Crippen LogP contribution in [0.1, 0.15) is 11.8 Å². The van der Waals surface area contributed by atoms with Crippen molar-refractivity contribution in [1.82, 2.24) is 4.98 Å². The van der Waals surface area contributed by atoms with E-state index >= 15 is 0 Å². The third-order valence-corrected chi connectivity index (χ3v) is 9.02. The van der Waals surface area contributed by atoms with Gasteiger partial charge in [0.2, 0.25) is 14.2 Å². The molecular weight excluding hydrogens is 398 g/mol. The minimum Gasteiger partial charge on any atom is -0.494 e. The zero-order valence-electron chi connectivity index (χ0n) is 13.4. The van der Waals surface area contributed by atoms with Crippen molar-refractivity contribution in [2.45, 2.75) is 20.4 Å². The smallest absolute Gasteiger partial charge is 0.235 e. The number of aromatic nitrogens is 1. The van der Waals surface area contributed by atoms with Crippen molar-refractivity contribution in [1.29, 1.82) is 5.41 Å². The molecule has 0 saturated heterocycles. The molecule has 0 atom stereocenters. The molecule has 1 aromatic carbocycles. The van der Waals surface area contributed by atoms with Gasteiger partial charge in [-0.3, -0.25) is 5.41 Å². The summed E-state index contributed by atoms with van der Waals surface area (Å²) >= 11 is 3.62. The van der Waals surface area contributed by atoms with Crippen LogP contribution in [0.2, 0.25) is 0 Å². The van der Waals surface area contributed by atoms with Crippen molar-refractivity contribution in [3.8, 4) is 5.75 Å². The van der Waals surface area contributed by atoms with Crippen molar-refractivity contribution < 1.29 is 13.2 Å². The van der Waals surface area contributed by atoms with Gasteiger partial charge in [-0.25, -0.2) is 13.4 Å². The molecule has 0 fully saturated rings. The molecule has 132 valence electrons. The molecule has 0 amide bonds. The third-order valence-electron chi connectivity index (χ3n) is 3.29. The Morgan fingerprint density at radius 3 is 2.76 bits per heavy atom. The lowest BCUT2D eigenvalue weighted by molar-refractivity contribution is 0.341. The van der Waals surface area contributed by atoms with Crippen LogP contribution < -0.4 is 10.5 Å². The van der Waals surface area contributed by atoms with E-state index in [-0.39, 0.29) is 15.1 Å². The number of sulfone groups is 1. The van der Waals surface area contributed by atoms with Gasteiger partial charge >= 0.3 is 0 Å². The van der Waals surface area contributed by atoms with E-state index in [9.17, 15) is 8.42 Å². The summed E-state index contributed by atoms with van der Waals surface area (Å²) in [6, 6.07) is 6.76. The fourth-order valence-corrected chi connectivity index (χ4v) is 7.39. The number of nitrogen functional groups attached to an aromatic ring is 1. The lowest BCUT2D eigenvalue weighted by Gasteiger charge is -2.00. The van der Waals surface area contributed by atoms with Crippen molar-refractivity contribution in [2.24, 2.45) is 5.73 Å². The summed E-state index contributed by atoms with van der Waals surface area (Å²) in [7, 11) is -3.78. The van der Waals surface area contributed by atoms with Crippen LogP contribution in [-0.4, -0.2) is 32.1 Å². The summed E-state index contributed by atoms with van der Waals surface area (Å²) in [5, 5.41) is 7.54. The molecule has 3 N–H and O–H groups in total. The van der Waals surface area contributed by atoms with Gasteiger partial charge < -0.3 is 10.5 Å². The second-order valence-corrected chi connectivity index (χ2v) is 10.2. The quantitative estimate of drug-likeness (QED) is 0.363. The van der Waals surface area contributed by atoms with E-state index in [0.29, 0.717) is 27.0 Å². The van der Waals surface area contributed by atoms with Crippen LogP contribution in [0.25, 0.3) is 10.2 Å². The average Bonchev–Trinajstić information content (AvgIpc) is 3.19. The van der Waals surface area contributed by atoms with Crippen LogP contribution in [-0.2, 0) is 9.84 Å². The summed E-state index contributed by atoms with van der Waals surface area (Å²) in [5.41, 5.74) is 6.11. The zero-order valence-corrected chi connectivity index (χ0v) is 16.7. The van der Waals surface area contributed by atoms with E-state index in [4.69, 9.17) is 15.9 Å². The minimum atomic E-state index is -3.78. The summed E-state index contributed by atoms with van der Waals surface area (Å²) in [5.74, 6) is 0.536. The SMILES string of the molecule is CCOc1ccc2nc(S(=O)(=O)c3cc(C(=N)N)sc3SC)sc2c1. The summed E-state index contributed by atoms with van der Waals surface area (Å²) in [4.78, 5) is 4.86. The Bertz CT molecular complexity index is 1050. The van der Waals surface area contributed by atoms with E-state index in [0.717, 1.165) is 16.0 Å². The van der Waals surface area contributed by atoms with Gasteiger partial charge in [0.25, 0.3) is 0 Å². The maximum Gasteiger partial charge on any atom is 0.235 e. The molecule has 0 aliphatic carbocycles. The van der Waals surface area contributed by atoms with Gasteiger partial charge in [0.05, 0.1) is 30.8 Å². The number of rotatable bonds is 6. The van der Waals surface area contributed by atoms with Gasteiger partial charge in [0, 0.05) is 0 Å². The van der Waals surface area contributed by atoms with E-state index in [1.165, 1.54) is 29.2 Å². The number of fused-ring (bicyclic) bond motifs is 1. The highest BCUT2D eigenvalue weighted by atomic mass is 32.2. The van der Waals surface area contributed by atoms with Crippen molar-refractivity contribution in [2.75, 3.05) is 12.9 Å². The van der Waals surface area contributed by atoms with Crippen molar-refractivity contribution in [3.05, 3.63) is 29.1 Å². The highest BCUT2D eigenvalue weighted by Crippen LogP contribution is 2.39. The van der Waals surface area contributed by atoms with Gasteiger partial charge in [0.15, 0.2) is 0 Å². The van der Waals surface area contributed by atoms with E-state index in [2.05, 4.69) is 4.98 Å². The standard InChI is InChI=1S/C15H15N3O3S4/c1-3-21-8-4-5-9-10(6-8)24-15(18-9)25(19,20)12-7-11(13(16)17)23-14(12)22-2/h4-7H,3H2,1-2H3,(H3,16,17). The molecule has 0 saturated carbocycles. The summed E-state index contributed by atoms with van der Waals surface area (Å²) in [6.07, 6.45) is 1.79. The first-order valence-electron chi connectivity index (χ1n) is 7.17. The number of thioether (sulfide) groups is 1. The maximum atomic E-state index is 13.0. The van der Waals surface area contributed by atoms with E-state index in [1.54, 1.807) is 24.5 Å². The summed E-state index contributed by atoms with van der Waals surface area (Å²) < 4.78 is 32.9. The number of benzene rings is 1. The molecule has 10 heteroatoms. The molecule has 2 aromatic heterocycles. The molecule has 6 nitrogen and oxygen atoms in total. The number of thiazole rings is 1. The Kier molecular flexibility index (Phi) is 5.05. The van der Waals surface area contributed by atoms with Crippen LogP contribution in [0.5, 0.6) is 5.75 Å². The van der Waals surface area contributed by atoms with Crippen molar-refractivity contribution >= 4 is 60.3 Å². The number of hydrogen-bond acceptors (Lipinski definition) is 8. The Morgan fingerprint density at radius 2 is 2.12 bits per heavy atom. The molecule has 2 heterocycles. The minimum absolute atomic E-state index is 0.0272. The summed E-state index contributed by atoms with van der Waals surface area (Å²) in [6.45, 7) is 2.43. The second-order valence-electron chi connectivity index (χ2n) is 4.93. The predicted molar refractivity (Wildman–Crippen MR) is 103 cm³/mol. The monoisotopic (exact) mass is 413 g/mol. The third kappa shape index (κ3) is 3.39. The largest absolute Gasteiger partial charge is 0.494 e. The Hall–Kier alpha value is -1.62. The number of amidine groups is 1. The number of hydrogen-bond donors (Lipinski definition) is 2. The van der Waals surface area contributed by atoms with Gasteiger partial charge in [-0.05, 0) is 37.4 Å². The second kappa shape index (κ2) is 6.94. The molecular formula is C15H15N3O3S4.